The van der Waals surface area contributed by atoms with E-state index < -0.39 is 5.41 Å². The van der Waals surface area contributed by atoms with Crippen LogP contribution in [0.3, 0.4) is 0 Å². The lowest BCUT2D eigenvalue weighted by molar-refractivity contribution is -0.121. The van der Waals surface area contributed by atoms with Crippen molar-refractivity contribution in [2.24, 2.45) is 11.1 Å². The number of aryl methyl sites for hydroxylation is 1. The predicted octanol–water partition coefficient (Wildman–Crippen LogP) is 2.31. The van der Waals surface area contributed by atoms with E-state index in [9.17, 15) is 4.79 Å². The van der Waals surface area contributed by atoms with Crippen LogP contribution in [0.4, 0.5) is 11.4 Å². The minimum absolute atomic E-state index is 0.185. The van der Waals surface area contributed by atoms with Crippen LogP contribution in [0.1, 0.15) is 19.4 Å². The number of hydrogen-bond acceptors (Lipinski definition) is 3. The third-order valence-corrected chi connectivity index (χ3v) is 3.64. The van der Waals surface area contributed by atoms with Crippen LogP contribution in [-0.4, -0.2) is 25.0 Å². The molecule has 0 bridgehead atoms. The molecule has 4 nitrogen and oxygen atoms in total. The number of rotatable bonds is 4. The van der Waals surface area contributed by atoms with Gasteiger partial charge in [-0.15, -0.1) is 0 Å². The molecule has 1 rings (SSSR count). The highest BCUT2D eigenvalue weighted by molar-refractivity contribution is 7.80. The van der Waals surface area contributed by atoms with Crippen molar-refractivity contribution in [3.63, 3.8) is 0 Å². The smallest absolute Gasteiger partial charge is 0.236 e. The molecule has 0 spiro atoms. The quantitative estimate of drug-likeness (QED) is 0.830. The Morgan fingerprint density at radius 1 is 1.37 bits per heavy atom. The zero-order chi connectivity index (χ0) is 14.8. The normalized spacial score (nSPS) is 11.0. The van der Waals surface area contributed by atoms with E-state index in [2.05, 4.69) is 5.32 Å². The summed E-state index contributed by atoms with van der Waals surface area (Å²) in [5, 5.41) is 2.85. The second kappa shape index (κ2) is 5.57. The first-order chi connectivity index (χ1) is 8.66. The van der Waals surface area contributed by atoms with Crippen LogP contribution < -0.4 is 16.0 Å². The van der Waals surface area contributed by atoms with E-state index in [0.717, 1.165) is 16.9 Å². The fourth-order valence-corrected chi connectivity index (χ4v) is 1.66. The molecular weight excluding hydrogens is 258 g/mol. The zero-order valence-electron chi connectivity index (χ0n) is 12.1. The first-order valence-corrected chi connectivity index (χ1v) is 6.46. The summed E-state index contributed by atoms with van der Waals surface area (Å²) >= 11 is 4.92. The Bertz CT molecular complexity index is 509. The number of nitrogens with zero attached hydrogens (tertiary/aromatic N) is 1. The predicted molar refractivity (Wildman–Crippen MR) is 84.7 cm³/mol. The van der Waals surface area contributed by atoms with Gasteiger partial charge in [-0.25, -0.2) is 0 Å². The minimum atomic E-state index is -0.863. The molecule has 3 N–H and O–H groups in total. The largest absolute Gasteiger partial charge is 0.392 e. The van der Waals surface area contributed by atoms with E-state index in [1.807, 2.05) is 44.1 Å². The summed E-state index contributed by atoms with van der Waals surface area (Å²) in [6.07, 6.45) is 0. The van der Waals surface area contributed by atoms with Crippen LogP contribution in [0.2, 0.25) is 0 Å². The fraction of sp³-hybridized carbons (Fsp3) is 0.429. The molecule has 0 unspecified atom stereocenters. The average Bonchev–Trinajstić information content (AvgIpc) is 2.30. The second-order valence-corrected chi connectivity index (χ2v) is 5.78. The Morgan fingerprint density at radius 3 is 2.42 bits per heavy atom. The minimum Gasteiger partial charge on any atom is -0.392 e. The van der Waals surface area contributed by atoms with Crippen LogP contribution in [-0.2, 0) is 4.79 Å². The van der Waals surface area contributed by atoms with Crippen molar-refractivity contribution in [2.45, 2.75) is 20.8 Å². The van der Waals surface area contributed by atoms with Gasteiger partial charge in [0.15, 0.2) is 0 Å². The first-order valence-electron chi connectivity index (χ1n) is 6.05. The molecule has 19 heavy (non-hydrogen) atoms. The van der Waals surface area contributed by atoms with Crippen molar-refractivity contribution in [1.82, 2.24) is 0 Å². The molecule has 0 aliphatic rings. The Hall–Kier alpha value is -1.62. The number of anilines is 2. The van der Waals surface area contributed by atoms with E-state index in [1.54, 1.807) is 13.8 Å². The number of benzene rings is 1. The van der Waals surface area contributed by atoms with Gasteiger partial charge in [0.25, 0.3) is 0 Å². The first kappa shape index (κ1) is 15.4. The third-order valence-electron chi connectivity index (χ3n) is 3.13. The number of nitrogens with two attached hydrogens (primary N) is 1. The number of nitrogens with one attached hydrogen (secondary N) is 1. The summed E-state index contributed by atoms with van der Waals surface area (Å²) in [6.45, 7) is 5.46. The van der Waals surface area contributed by atoms with Crippen LogP contribution in [0.25, 0.3) is 0 Å². The van der Waals surface area contributed by atoms with Crippen molar-refractivity contribution < 1.29 is 4.79 Å². The maximum Gasteiger partial charge on any atom is 0.236 e. The summed E-state index contributed by atoms with van der Waals surface area (Å²) in [5.41, 5.74) is 7.68. The molecule has 0 saturated heterocycles. The molecule has 0 aromatic heterocycles. The van der Waals surface area contributed by atoms with Gasteiger partial charge in [-0.05, 0) is 38.5 Å². The molecule has 0 heterocycles. The Morgan fingerprint density at radius 2 is 1.95 bits per heavy atom. The molecule has 1 aromatic rings. The highest BCUT2D eigenvalue weighted by Gasteiger charge is 2.30. The van der Waals surface area contributed by atoms with Crippen LogP contribution in [0.15, 0.2) is 18.2 Å². The number of carbonyl (C=O) groups excluding carboxylic acids is 1. The third kappa shape index (κ3) is 3.44. The molecule has 104 valence electrons. The maximum absolute atomic E-state index is 12.1. The summed E-state index contributed by atoms with van der Waals surface area (Å²) in [6, 6.07) is 5.78. The maximum atomic E-state index is 12.1. The van der Waals surface area contributed by atoms with Gasteiger partial charge in [0.2, 0.25) is 5.91 Å². The highest BCUT2D eigenvalue weighted by Crippen LogP contribution is 2.24. The lowest BCUT2D eigenvalue weighted by Gasteiger charge is -2.23. The van der Waals surface area contributed by atoms with Crippen molar-refractivity contribution in [3.8, 4) is 0 Å². The van der Waals surface area contributed by atoms with Gasteiger partial charge in [0.05, 0.1) is 10.4 Å². The van der Waals surface area contributed by atoms with Gasteiger partial charge in [-0.2, -0.15) is 0 Å². The van der Waals surface area contributed by atoms with Gasteiger partial charge in [0.1, 0.15) is 0 Å². The molecule has 0 saturated carbocycles. The number of carbonyl (C=O) groups is 1. The topological polar surface area (TPSA) is 58.4 Å². The number of thiocarbonyl (C=S) groups is 1. The van der Waals surface area contributed by atoms with E-state index in [-0.39, 0.29) is 10.9 Å². The molecule has 0 atom stereocenters. The molecule has 0 aliphatic heterocycles. The summed E-state index contributed by atoms with van der Waals surface area (Å²) in [4.78, 5) is 14.3. The average molecular weight is 279 g/mol. The van der Waals surface area contributed by atoms with E-state index in [4.69, 9.17) is 18.0 Å². The van der Waals surface area contributed by atoms with Crippen LogP contribution in [0.5, 0.6) is 0 Å². The molecule has 0 fully saturated rings. The second-order valence-electron chi connectivity index (χ2n) is 5.34. The van der Waals surface area contributed by atoms with Gasteiger partial charge >= 0.3 is 0 Å². The lowest BCUT2D eigenvalue weighted by Crippen LogP contribution is -2.41. The van der Waals surface area contributed by atoms with Gasteiger partial charge < -0.3 is 16.0 Å². The van der Waals surface area contributed by atoms with Crippen molar-refractivity contribution >= 4 is 34.5 Å². The zero-order valence-corrected chi connectivity index (χ0v) is 12.9. The number of hydrogen-bond donors (Lipinski definition) is 2. The van der Waals surface area contributed by atoms with E-state index in [0.29, 0.717) is 0 Å². The fourth-order valence-electron chi connectivity index (χ4n) is 1.57. The van der Waals surface area contributed by atoms with Gasteiger partial charge in [0, 0.05) is 25.5 Å². The number of amides is 1. The van der Waals surface area contributed by atoms with E-state index in [1.165, 1.54) is 0 Å². The van der Waals surface area contributed by atoms with Gasteiger partial charge in [-0.3, -0.25) is 4.79 Å². The summed E-state index contributed by atoms with van der Waals surface area (Å²) in [7, 11) is 3.93. The summed E-state index contributed by atoms with van der Waals surface area (Å²) in [5.74, 6) is -0.200. The van der Waals surface area contributed by atoms with Gasteiger partial charge in [-0.1, -0.05) is 18.3 Å². The molecule has 1 amide bonds. The SMILES string of the molecule is Cc1ccc(NC(=O)C(C)(C)C(N)=S)cc1N(C)C. The molecule has 0 aliphatic carbocycles. The Labute approximate surface area is 120 Å². The van der Waals surface area contributed by atoms with Crippen molar-refractivity contribution in [2.75, 3.05) is 24.3 Å². The van der Waals surface area contributed by atoms with Crippen molar-refractivity contribution in [3.05, 3.63) is 23.8 Å². The Kier molecular flexibility index (Phi) is 4.52. The van der Waals surface area contributed by atoms with E-state index >= 15 is 0 Å². The monoisotopic (exact) mass is 279 g/mol. The molecule has 1 aromatic carbocycles. The Balaban J connectivity index is 2.98. The molecular formula is C14H21N3OS. The summed E-state index contributed by atoms with van der Waals surface area (Å²) < 4.78 is 0. The van der Waals surface area contributed by atoms with Crippen LogP contribution in [0, 0.1) is 12.3 Å². The molecule has 0 radical (unpaired) electrons. The van der Waals surface area contributed by atoms with Crippen LogP contribution >= 0.6 is 12.2 Å². The van der Waals surface area contributed by atoms with Crippen molar-refractivity contribution in [1.29, 1.82) is 0 Å². The highest BCUT2D eigenvalue weighted by atomic mass is 32.1. The standard InChI is InChI=1S/C14H21N3OS/c1-9-6-7-10(8-11(9)17(4)5)16-13(18)14(2,3)12(15)19/h6-8H,1-5H3,(H2,15,19)(H,16,18). The molecule has 5 heteroatoms. The lowest BCUT2D eigenvalue weighted by atomic mass is 9.92.